The molecule has 0 atom stereocenters. The van der Waals surface area contributed by atoms with Gasteiger partial charge in [-0.1, -0.05) is 0 Å². The summed E-state index contributed by atoms with van der Waals surface area (Å²) in [5, 5.41) is 17.8. The third-order valence-corrected chi connectivity index (χ3v) is 2.92. The average molecular weight is 312 g/mol. The lowest BCUT2D eigenvalue weighted by atomic mass is 10.3. The summed E-state index contributed by atoms with van der Waals surface area (Å²) in [7, 11) is 1.57. The van der Waals surface area contributed by atoms with E-state index < -0.39 is 16.6 Å². The van der Waals surface area contributed by atoms with E-state index in [0.717, 1.165) is 12.1 Å². The van der Waals surface area contributed by atoms with Crippen LogP contribution in [0.15, 0.2) is 18.2 Å². The Hall–Kier alpha value is -2.71. The number of aryl methyl sites for hydroxylation is 2. The van der Waals surface area contributed by atoms with Crippen molar-refractivity contribution in [1.82, 2.24) is 9.78 Å². The molecule has 118 valence electrons. The number of nitrogens with zero attached hydrogens (tertiary/aromatic N) is 3. The van der Waals surface area contributed by atoms with Crippen molar-refractivity contribution in [3.63, 3.8) is 0 Å². The van der Waals surface area contributed by atoms with Crippen LogP contribution in [0.5, 0.6) is 5.75 Å². The van der Waals surface area contributed by atoms with E-state index in [-0.39, 0.29) is 30.4 Å². The fourth-order valence-electron chi connectivity index (χ4n) is 1.99. The van der Waals surface area contributed by atoms with Crippen molar-refractivity contribution in [3.05, 3.63) is 45.6 Å². The number of hydrogen-bond acceptors (Lipinski definition) is 5. The van der Waals surface area contributed by atoms with E-state index in [4.69, 9.17) is 4.74 Å². The molecule has 0 aliphatic rings. The molecule has 1 aromatic carbocycles. The van der Waals surface area contributed by atoms with Crippen molar-refractivity contribution in [1.29, 1.82) is 0 Å². The molecule has 0 amide bonds. The predicted octanol–water partition coefficient (Wildman–Crippen LogP) is 2.41. The van der Waals surface area contributed by atoms with E-state index in [1.165, 1.54) is 17.7 Å². The number of nitrogens with one attached hydrogen (secondary N) is 1. The normalized spacial score (nSPS) is 10.5. The largest absolute Gasteiger partial charge is 0.489 e. The van der Waals surface area contributed by atoms with E-state index in [1.54, 1.807) is 7.05 Å². The highest BCUT2D eigenvalue weighted by Crippen LogP contribution is 2.27. The minimum absolute atomic E-state index is 0.0456. The molecule has 1 aromatic heterocycles. The van der Waals surface area contributed by atoms with Gasteiger partial charge in [-0.25, -0.2) is 13.5 Å². The van der Waals surface area contributed by atoms with E-state index in [9.17, 15) is 18.9 Å². The lowest BCUT2D eigenvalue weighted by Gasteiger charge is -2.09. The second-order valence-electron chi connectivity index (χ2n) is 4.51. The van der Waals surface area contributed by atoms with Gasteiger partial charge in [0.15, 0.2) is 11.6 Å². The molecule has 22 heavy (non-hydrogen) atoms. The molecule has 0 bridgehead atoms. The lowest BCUT2D eigenvalue weighted by Crippen LogP contribution is -2.15. The predicted molar refractivity (Wildman–Crippen MR) is 74.9 cm³/mol. The molecule has 1 N–H and O–H groups in total. The molecule has 7 nitrogen and oxygen atoms in total. The molecule has 0 aliphatic heterocycles. The fraction of sp³-hybridized carbons (Fsp3) is 0.308. The topological polar surface area (TPSA) is 82.2 Å². The molecule has 0 unspecified atom stereocenters. The molecule has 0 saturated heterocycles. The third-order valence-electron chi connectivity index (χ3n) is 2.92. The summed E-state index contributed by atoms with van der Waals surface area (Å²) in [4.78, 5) is 10.5. The van der Waals surface area contributed by atoms with Crippen LogP contribution in [-0.2, 0) is 7.05 Å². The Bertz CT molecular complexity index is 703. The average Bonchev–Trinajstić information content (AvgIpc) is 2.71. The summed E-state index contributed by atoms with van der Waals surface area (Å²) in [6, 6.07) is 2.99. The first-order valence-corrected chi connectivity index (χ1v) is 6.40. The number of aromatic nitrogens is 2. The smallest absolute Gasteiger partial charge is 0.333 e. The summed E-state index contributed by atoms with van der Waals surface area (Å²) in [5.41, 5.74) is 0.177. The van der Waals surface area contributed by atoms with Crippen molar-refractivity contribution < 1.29 is 18.4 Å². The van der Waals surface area contributed by atoms with Crippen LogP contribution in [-0.4, -0.2) is 27.9 Å². The third kappa shape index (κ3) is 3.30. The lowest BCUT2D eigenvalue weighted by molar-refractivity contribution is -0.384. The van der Waals surface area contributed by atoms with Crippen molar-refractivity contribution >= 4 is 11.5 Å². The van der Waals surface area contributed by atoms with Gasteiger partial charge in [0.25, 0.3) is 0 Å². The Morgan fingerprint density at radius 2 is 2.18 bits per heavy atom. The van der Waals surface area contributed by atoms with Gasteiger partial charge in [-0.2, -0.15) is 5.10 Å². The minimum atomic E-state index is -0.803. The number of ether oxygens (including phenoxy) is 1. The highest BCUT2D eigenvalue weighted by Gasteiger charge is 2.23. The number of nitro groups is 1. The van der Waals surface area contributed by atoms with E-state index in [2.05, 4.69) is 10.4 Å². The van der Waals surface area contributed by atoms with Gasteiger partial charge in [-0.05, 0) is 19.1 Å². The zero-order chi connectivity index (χ0) is 16.3. The Morgan fingerprint density at radius 3 is 2.82 bits per heavy atom. The Balaban J connectivity index is 1.96. The Kier molecular flexibility index (Phi) is 4.54. The molecule has 0 fully saturated rings. The molecule has 1 heterocycles. The molecule has 0 aliphatic carbocycles. The van der Waals surface area contributed by atoms with Crippen LogP contribution in [0.25, 0.3) is 0 Å². The highest BCUT2D eigenvalue weighted by molar-refractivity contribution is 5.59. The van der Waals surface area contributed by atoms with Gasteiger partial charge in [-0.3, -0.25) is 10.1 Å². The van der Waals surface area contributed by atoms with E-state index in [0.29, 0.717) is 5.69 Å². The zero-order valence-corrected chi connectivity index (χ0v) is 12.0. The SMILES string of the molecule is Cc1nn(C)c(NCCOc2ccc(F)cc2F)c1[N+](=O)[O-]. The maximum Gasteiger partial charge on any atom is 0.333 e. The first kappa shape index (κ1) is 15.7. The summed E-state index contributed by atoms with van der Waals surface area (Å²) >= 11 is 0. The van der Waals surface area contributed by atoms with Crippen LogP contribution in [0, 0.1) is 28.7 Å². The van der Waals surface area contributed by atoms with Gasteiger partial charge in [0.05, 0.1) is 11.5 Å². The molecule has 2 aromatic rings. The quantitative estimate of drug-likeness (QED) is 0.503. The molecular formula is C13H14F2N4O3. The van der Waals surface area contributed by atoms with Gasteiger partial charge in [0.2, 0.25) is 5.82 Å². The molecule has 0 spiro atoms. The van der Waals surface area contributed by atoms with Crippen LogP contribution >= 0.6 is 0 Å². The highest BCUT2D eigenvalue weighted by atomic mass is 19.1. The summed E-state index contributed by atoms with van der Waals surface area (Å²) in [6.45, 7) is 1.77. The summed E-state index contributed by atoms with van der Waals surface area (Å²) in [6.07, 6.45) is 0. The Morgan fingerprint density at radius 1 is 1.45 bits per heavy atom. The second-order valence-corrected chi connectivity index (χ2v) is 4.51. The molecule has 9 heteroatoms. The van der Waals surface area contributed by atoms with E-state index >= 15 is 0 Å². The maximum absolute atomic E-state index is 13.3. The van der Waals surface area contributed by atoms with Crippen molar-refractivity contribution in [2.45, 2.75) is 6.92 Å². The molecular weight excluding hydrogens is 298 g/mol. The van der Waals surface area contributed by atoms with Gasteiger partial charge in [0.1, 0.15) is 18.1 Å². The fourth-order valence-corrected chi connectivity index (χ4v) is 1.99. The van der Waals surface area contributed by atoms with Crippen molar-refractivity contribution in [3.8, 4) is 5.75 Å². The van der Waals surface area contributed by atoms with Crippen LogP contribution in [0.4, 0.5) is 20.3 Å². The zero-order valence-electron chi connectivity index (χ0n) is 12.0. The number of rotatable bonds is 6. The van der Waals surface area contributed by atoms with Crippen molar-refractivity contribution in [2.75, 3.05) is 18.5 Å². The van der Waals surface area contributed by atoms with Gasteiger partial charge in [-0.15, -0.1) is 0 Å². The first-order valence-electron chi connectivity index (χ1n) is 6.40. The van der Waals surface area contributed by atoms with Crippen LogP contribution in [0.1, 0.15) is 5.69 Å². The monoisotopic (exact) mass is 312 g/mol. The summed E-state index contributed by atoms with van der Waals surface area (Å²) < 4.78 is 32.6. The second kappa shape index (κ2) is 6.37. The minimum Gasteiger partial charge on any atom is -0.489 e. The number of benzene rings is 1. The number of anilines is 1. The van der Waals surface area contributed by atoms with Crippen LogP contribution in [0.3, 0.4) is 0 Å². The van der Waals surface area contributed by atoms with Crippen LogP contribution in [0.2, 0.25) is 0 Å². The molecule has 0 radical (unpaired) electrons. The van der Waals surface area contributed by atoms with Crippen molar-refractivity contribution in [2.24, 2.45) is 7.05 Å². The molecule has 2 rings (SSSR count). The molecule has 0 saturated carbocycles. The van der Waals surface area contributed by atoms with E-state index in [1.807, 2.05) is 0 Å². The van der Waals surface area contributed by atoms with Crippen LogP contribution < -0.4 is 10.1 Å². The Labute approximate surface area is 124 Å². The summed E-state index contributed by atoms with van der Waals surface area (Å²) in [5.74, 6) is -1.34. The number of hydrogen-bond donors (Lipinski definition) is 1. The number of halogens is 2. The maximum atomic E-state index is 13.3. The first-order chi connectivity index (χ1) is 10.4. The van der Waals surface area contributed by atoms with Gasteiger partial charge in [0, 0.05) is 13.1 Å². The standard InChI is InChI=1S/C13H14F2N4O3/c1-8-12(19(20)21)13(18(2)17-8)16-5-6-22-11-4-3-9(14)7-10(11)15/h3-4,7,16H,5-6H2,1-2H3. The van der Waals surface area contributed by atoms with Gasteiger partial charge >= 0.3 is 5.69 Å². The van der Waals surface area contributed by atoms with Gasteiger partial charge < -0.3 is 10.1 Å².